The molecule has 0 spiro atoms. The van der Waals surface area contributed by atoms with Gasteiger partial charge in [0.2, 0.25) is 0 Å². The van der Waals surface area contributed by atoms with Crippen LogP contribution < -0.4 is 0 Å². The summed E-state index contributed by atoms with van der Waals surface area (Å²) >= 11 is 0. The van der Waals surface area contributed by atoms with Gasteiger partial charge in [-0.05, 0) is 34.6 Å². The van der Waals surface area contributed by atoms with Gasteiger partial charge in [0.05, 0.1) is 13.2 Å². The van der Waals surface area contributed by atoms with Crippen LogP contribution in [0.3, 0.4) is 0 Å². The van der Waals surface area contributed by atoms with Crippen molar-refractivity contribution in [2.75, 3.05) is 13.2 Å². The van der Waals surface area contributed by atoms with Crippen LogP contribution in [0.2, 0.25) is 0 Å². The van der Waals surface area contributed by atoms with Gasteiger partial charge < -0.3 is 23.7 Å². The zero-order valence-corrected chi connectivity index (χ0v) is 13.3. The van der Waals surface area contributed by atoms with Crippen molar-refractivity contribution >= 4 is 5.97 Å². The highest BCUT2D eigenvalue weighted by Gasteiger charge is 2.47. The highest BCUT2D eigenvalue weighted by atomic mass is 16.8. The van der Waals surface area contributed by atoms with Crippen LogP contribution in [-0.2, 0) is 28.5 Å². The molecule has 2 heterocycles. The van der Waals surface area contributed by atoms with Crippen molar-refractivity contribution < 1.29 is 28.5 Å². The molecule has 2 aliphatic rings. The third-order valence-corrected chi connectivity index (χ3v) is 3.39. The molecule has 0 saturated carbocycles. The first-order valence-corrected chi connectivity index (χ1v) is 7.10. The summed E-state index contributed by atoms with van der Waals surface area (Å²) in [6, 6.07) is 0. The molecule has 0 aliphatic carbocycles. The lowest BCUT2D eigenvalue weighted by molar-refractivity contribution is -0.192. The van der Waals surface area contributed by atoms with Gasteiger partial charge in [-0.15, -0.1) is 0 Å². The summed E-state index contributed by atoms with van der Waals surface area (Å²) in [6.45, 7) is 13.2. The van der Waals surface area contributed by atoms with Gasteiger partial charge in [-0.1, -0.05) is 6.58 Å². The molecular formula is C15H24O6. The van der Waals surface area contributed by atoms with Crippen molar-refractivity contribution in [3.05, 3.63) is 12.2 Å². The van der Waals surface area contributed by atoms with E-state index in [4.69, 9.17) is 23.7 Å². The summed E-state index contributed by atoms with van der Waals surface area (Å²) in [6.07, 6.45) is -1.39. The van der Waals surface area contributed by atoms with E-state index < -0.39 is 35.9 Å². The van der Waals surface area contributed by atoms with E-state index in [1.165, 1.54) is 0 Å². The fraction of sp³-hybridized carbons (Fsp3) is 0.800. The molecule has 6 nitrogen and oxygen atoms in total. The normalized spacial score (nSPS) is 31.9. The molecule has 0 amide bonds. The number of rotatable bonds is 4. The van der Waals surface area contributed by atoms with Crippen molar-refractivity contribution in [3.63, 3.8) is 0 Å². The predicted octanol–water partition coefficient (Wildman–Crippen LogP) is 1.78. The van der Waals surface area contributed by atoms with Crippen LogP contribution in [-0.4, -0.2) is 49.1 Å². The van der Waals surface area contributed by atoms with E-state index in [1.807, 2.05) is 27.7 Å². The summed E-state index contributed by atoms with van der Waals surface area (Å²) in [4.78, 5) is 11.9. The number of carbonyl (C=O) groups excluding carboxylic acids is 1. The van der Waals surface area contributed by atoms with E-state index in [0.717, 1.165) is 0 Å². The lowest BCUT2D eigenvalue weighted by Gasteiger charge is -2.28. The molecule has 2 rings (SSSR count). The highest BCUT2D eigenvalue weighted by molar-refractivity contribution is 5.87. The first-order valence-electron chi connectivity index (χ1n) is 7.10. The average Bonchev–Trinajstić information content (AvgIpc) is 2.88. The monoisotopic (exact) mass is 300 g/mol. The van der Waals surface area contributed by atoms with Crippen LogP contribution in [0.4, 0.5) is 0 Å². The van der Waals surface area contributed by atoms with Gasteiger partial charge >= 0.3 is 5.97 Å². The highest BCUT2D eigenvalue weighted by Crippen LogP contribution is 2.32. The number of hydrogen-bond acceptors (Lipinski definition) is 6. The van der Waals surface area contributed by atoms with Gasteiger partial charge in [0.25, 0.3) is 0 Å². The molecule has 6 heteroatoms. The Kier molecular flexibility index (Phi) is 4.44. The van der Waals surface area contributed by atoms with Gasteiger partial charge in [-0.25, -0.2) is 4.79 Å². The van der Waals surface area contributed by atoms with Gasteiger partial charge in [0.15, 0.2) is 17.7 Å². The standard InChI is InChI=1S/C15H24O6/c1-9(2)13(16)19-12(10-7-17-14(3,4)20-10)11-8-18-15(5,6)21-11/h10-12H,1,7-8H2,2-6H3/t10-,11+,12-. The molecule has 2 saturated heterocycles. The number of hydrogen-bond donors (Lipinski definition) is 0. The second-order valence-corrected chi connectivity index (χ2v) is 6.38. The van der Waals surface area contributed by atoms with Crippen molar-refractivity contribution in [1.82, 2.24) is 0 Å². The van der Waals surface area contributed by atoms with Crippen molar-refractivity contribution in [2.24, 2.45) is 0 Å². The van der Waals surface area contributed by atoms with Gasteiger partial charge in [0.1, 0.15) is 12.2 Å². The molecule has 120 valence electrons. The maximum absolute atomic E-state index is 11.9. The Hall–Kier alpha value is -0.950. The van der Waals surface area contributed by atoms with E-state index in [0.29, 0.717) is 18.8 Å². The van der Waals surface area contributed by atoms with Gasteiger partial charge in [-0.3, -0.25) is 0 Å². The van der Waals surface area contributed by atoms with Crippen LogP contribution in [0.1, 0.15) is 34.6 Å². The van der Waals surface area contributed by atoms with E-state index in [9.17, 15) is 4.79 Å². The predicted molar refractivity (Wildman–Crippen MR) is 74.5 cm³/mol. The Balaban J connectivity index is 2.11. The largest absolute Gasteiger partial charge is 0.453 e. The lowest BCUT2D eigenvalue weighted by Crippen LogP contribution is -2.45. The third kappa shape index (κ3) is 4.03. The smallest absolute Gasteiger partial charge is 0.333 e. The molecule has 0 aromatic carbocycles. The molecule has 0 aromatic rings. The summed E-state index contributed by atoms with van der Waals surface area (Å²) in [7, 11) is 0. The topological polar surface area (TPSA) is 63.2 Å². The zero-order valence-electron chi connectivity index (χ0n) is 13.3. The Morgan fingerprint density at radius 2 is 1.52 bits per heavy atom. The fourth-order valence-corrected chi connectivity index (χ4v) is 2.37. The summed E-state index contributed by atoms with van der Waals surface area (Å²) in [5.41, 5.74) is 0.330. The number of ether oxygens (including phenoxy) is 5. The summed E-state index contributed by atoms with van der Waals surface area (Å²) < 4.78 is 28.2. The third-order valence-electron chi connectivity index (χ3n) is 3.39. The first kappa shape index (κ1) is 16.4. The SMILES string of the molecule is C=C(C)C(=O)O[C@@H]([C@@H]1COC(C)(C)O1)[C@H]1COC(C)(C)O1. The van der Waals surface area contributed by atoms with Crippen LogP contribution in [0.25, 0.3) is 0 Å². The Bertz CT molecular complexity index is 402. The average molecular weight is 300 g/mol. The van der Waals surface area contributed by atoms with Gasteiger partial charge in [0, 0.05) is 5.57 Å². The second kappa shape index (κ2) is 5.68. The fourth-order valence-electron chi connectivity index (χ4n) is 2.37. The maximum atomic E-state index is 11.9. The molecule has 0 bridgehead atoms. The van der Waals surface area contributed by atoms with E-state index >= 15 is 0 Å². The van der Waals surface area contributed by atoms with Crippen LogP contribution in [0.5, 0.6) is 0 Å². The molecule has 0 aromatic heterocycles. The van der Waals surface area contributed by atoms with Crippen molar-refractivity contribution in [3.8, 4) is 0 Å². The Morgan fingerprint density at radius 1 is 1.10 bits per heavy atom. The zero-order chi connectivity index (χ0) is 15.8. The van der Waals surface area contributed by atoms with E-state index in [2.05, 4.69) is 6.58 Å². The molecule has 2 aliphatic heterocycles. The minimum atomic E-state index is -0.701. The first-order chi connectivity index (χ1) is 9.60. The number of carbonyl (C=O) groups is 1. The molecular weight excluding hydrogens is 276 g/mol. The van der Waals surface area contributed by atoms with Crippen molar-refractivity contribution in [2.45, 2.75) is 64.5 Å². The van der Waals surface area contributed by atoms with E-state index in [-0.39, 0.29) is 0 Å². The minimum Gasteiger partial charge on any atom is -0.453 e. The summed E-state index contributed by atoms with van der Waals surface area (Å²) in [5.74, 6) is -1.87. The molecule has 0 radical (unpaired) electrons. The van der Waals surface area contributed by atoms with Crippen LogP contribution in [0, 0.1) is 0 Å². The van der Waals surface area contributed by atoms with Crippen LogP contribution in [0.15, 0.2) is 12.2 Å². The van der Waals surface area contributed by atoms with Gasteiger partial charge in [-0.2, -0.15) is 0 Å². The summed E-state index contributed by atoms with van der Waals surface area (Å²) in [5, 5.41) is 0. The molecule has 0 N–H and O–H groups in total. The second-order valence-electron chi connectivity index (χ2n) is 6.38. The molecule has 2 fully saturated rings. The quantitative estimate of drug-likeness (QED) is 0.582. The molecule has 21 heavy (non-hydrogen) atoms. The Morgan fingerprint density at radius 3 is 1.81 bits per heavy atom. The molecule has 3 atom stereocenters. The number of esters is 1. The maximum Gasteiger partial charge on any atom is 0.333 e. The van der Waals surface area contributed by atoms with Crippen LogP contribution >= 0.6 is 0 Å². The van der Waals surface area contributed by atoms with E-state index in [1.54, 1.807) is 6.92 Å². The Labute approximate surface area is 125 Å². The molecule has 0 unspecified atom stereocenters. The van der Waals surface area contributed by atoms with Crippen molar-refractivity contribution in [1.29, 1.82) is 0 Å². The lowest BCUT2D eigenvalue weighted by atomic mass is 10.1. The minimum absolute atomic E-state index is 0.330.